The molecule has 0 unspecified atom stereocenters. The molecule has 0 N–H and O–H groups in total. The predicted octanol–water partition coefficient (Wildman–Crippen LogP) is 3.39. The minimum absolute atomic E-state index is 0.267. The molecule has 1 aliphatic carbocycles. The van der Waals surface area contributed by atoms with Crippen molar-refractivity contribution in [3.05, 3.63) is 58.3 Å². The molecule has 0 spiro atoms. The van der Waals surface area contributed by atoms with Crippen molar-refractivity contribution >= 4 is 34.8 Å². The number of ether oxygens (including phenoxy) is 2. The van der Waals surface area contributed by atoms with E-state index in [0.717, 1.165) is 21.1 Å². The minimum Gasteiger partial charge on any atom is -0.493 e. The zero-order valence-corrected chi connectivity index (χ0v) is 19.8. The number of benzene rings is 1. The van der Waals surface area contributed by atoms with Gasteiger partial charge in [-0.25, -0.2) is 5.01 Å². The summed E-state index contributed by atoms with van der Waals surface area (Å²) < 4.78 is 10.8. The highest BCUT2D eigenvalue weighted by Crippen LogP contribution is 2.39. The summed E-state index contributed by atoms with van der Waals surface area (Å²) in [5.41, 5.74) is 1.62. The van der Waals surface area contributed by atoms with Crippen molar-refractivity contribution in [2.75, 3.05) is 20.8 Å². The van der Waals surface area contributed by atoms with E-state index in [4.69, 9.17) is 9.47 Å². The van der Waals surface area contributed by atoms with Gasteiger partial charge in [-0.1, -0.05) is 24.3 Å². The van der Waals surface area contributed by atoms with E-state index in [0.29, 0.717) is 30.8 Å². The molecule has 5 rings (SSSR count). The average molecular weight is 480 g/mol. The summed E-state index contributed by atoms with van der Waals surface area (Å²) in [4.78, 5) is 41.4. The summed E-state index contributed by atoms with van der Waals surface area (Å²) in [5, 5.41) is 8.02. The molecule has 1 saturated heterocycles. The Hall–Kier alpha value is -3.46. The largest absolute Gasteiger partial charge is 0.493 e. The number of amides is 3. The maximum absolute atomic E-state index is 13.5. The minimum atomic E-state index is -0.389. The standard InChI is InChI=1S/C25H25N3O5S/c1-32-20-10-9-15(12-21(20)33-2)19-13-18(22-8-5-11-34-22)26-28(19)23(29)14-27-24(30)16-6-3-4-7-17(16)25(27)31/h3-5,8-12,16-17,19H,6-7,13-14H2,1-2H3/t16-,17+,19-/m1/s1. The third kappa shape index (κ3) is 3.79. The lowest BCUT2D eigenvalue weighted by molar-refractivity contribution is -0.147. The number of fused-ring (bicyclic) bond motifs is 1. The SMILES string of the molecule is COc1ccc([C@H]2CC(c3cccs3)=NN2C(=O)CN2C(=O)[C@H]3CC=CC[C@H]3C2=O)cc1OC. The highest BCUT2D eigenvalue weighted by atomic mass is 32.1. The molecule has 0 saturated carbocycles. The van der Waals surface area contributed by atoms with E-state index < -0.39 is 0 Å². The van der Waals surface area contributed by atoms with Crippen LogP contribution in [0.5, 0.6) is 11.5 Å². The number of imide groups is 1. The molecule has 3 heterocycles. The molecule has 3 amide bonds. The molecule has 8 nitrogen and oxygen atoms in total. The molecule has 2 aromatic rings. The molecular weight excluding hydrogens is 454 g/mol. The molecule has 34 heavy (non-hydrogen) atoms. The molecule has 0 radical (unpaired) electrons. The van der Waals surface area contributed by atoms with Crippen LogP contribution in [-0.4, -0.2) is 54.1 Å². The van der Waals surface area contributed by atoms with Gasteiger partial charge in [-0.15, -0.1) is 11.3 Å². The quantitative estimate of drug-likeness (QED) is 0.468. The van der Waals surface area contributed by atoms with Gasteiger partial charge in [-0.2, -0.15) is 5.10 Å². The van der Waals surface area contributed by atoms with Crippen molar-refractivity contribution in [2.24, 2.45) is 16.9 Å². The van der Waals surface area contributed by atoms with Gasteiger partial charge in [0.05, 0.1) is 42.7 Å². The lowest BCUT2D eigenvalue weighted by atomic mass is 9.85. The van der Waals surface area contributed by atoms with Gasteiger partial charge in [0.1, 0.15) is 6.54 Å². The Morgan fingerprint density at radius 3 is 2.38 bits per heavy atom. The first-order valence-electron chi connectivity index (χ1n) is 11.2. The first-order chi connectivity index (χ1) is 16.5. The van der Waals surface area contributed by atoms with Gasteiger partial charge in [0.2, 0.25) is 11.8 Å². The zero-order valence-electron chi connectivity index (χ0n) is 19.0. The van der Waals surface area contributed by atoms with Crippen LogP contribution in [0, 0.1) is 11.8 Å². The normalized spacial score (nSPS) is 23.8. The number of hydrogen-bond acceptors (Lipinski definition) is 7. The highest BCUT2D eigenvalue weighted by Gasteiger charge is 2.48. The second-order valence-electron chi connectivity index (χ2n) is 8.52. The molecular formula is C25H25N3O5S. The topological polar surface area (TPSA) is 88.5 Å². The number of allylic oxidation sites excluding steroid dienone is 2. The van der Waals surface area contributed by atoms with Crippen LogP contribution >= 0.6 is 11.3 Å². The van der Waals surface area contributed by atoms with Gasteiger partial charge in [0, 0.05) is 6.42 Å². The molecule has 3 atom stereocenters. The van der Waals surface area contributed by atoms with Crippen molar-refractivity contribution < 1.29 is 23.9 Å². The van der Waals surface area contributed by atoms with E-state index in [1.54, 1.807) is 31.6 Å². The Balaban J connectivity index is 1.43. The lowest BCUT2D eigenvalue weighted by Gasteiger charge is -2.25. The number of carbonyl (C=O) groups excluding carboxylic acids is 3. The second kappa shape index (κ2) is 9.06. The van der Waals surface area contributed by atoms with Gasteiger partial charge in [-0.3, -0.25) is 19.3 Å². The van der Waals surface area contributed by atoms with Crippen molar-refractivity contribution in [3.63, 3.8) is 0 Å². The Labute approximate surface area is 201 Å². The van der Waals surface area contributed by atoms with Gasteiger partial charge >= 0.3 is 0 Å². The van der Waals surface area contributed by atoms with Crippen LogP contribution < -0.4 is 9.47 Å². The van der Waals surface area contributed by atoms with E-state index in [2.05, 4.69) is 5.10 Å². The van der Waals surface area contributed by atoms with Gasteiger partial charge in [0.15, 0.2) is 11.5 Å². The molecule has 176 valence electrons. The van der Waals surface area contributed by atoms with Crippen molar-refractivity contribution in [3.8, 4) is 11.5 Å². The van der Waals surface area contributed by atoms with E-state index >= 15 is 0 Å². The fraction of sp³-hybridized carbons (Fsp3) is 0.360. The summed E-state index contributed by atoms with van der Waals surface area (Å²) in [7, 11) is 3.13. The van der Waals surface area contributed by atoms with E-state index in [1.807, 2.05) is 41.8 Å². The van der Waals surface area contributed by atoms with E-state index in [1.165, 1.54) is 5.01 Å². The van der Waals surface area contributed by atoms with Crippen LogP contribution in [0.15, 0.2) is 53.0 Å². The van der Waals surface area contributed by atoms with Crippen LogP contribution in [0.4, 0.5) is 0 Å². The maximum atomic E-state index is 13.5. The number of carbonyl (C=O) groups is 3. The summed E-state index contributed by atoms with van der Waals surface area (Å²) in [6.07, 6.45) is 5.46. The first-order valence-corrected chi connectivity index (χ1v) is 12.0. The number of methoxy groups -OCH3 is 2. The molecule has 1 fully saturated rings. The van der Waals surface area contributed by atoms with Crippen molar-refractivity contribution in [1.29, 1.82) is 0 Å². The fourth-order valence-corrected chi connectivity index (χ4v) is 5.61. The zero-order chi connectivity index (χ0) is 23.8. The molecule has 1 aromatic carbocycles. The van der Waals surface area contributed by atoms with Crippen LogP contribution in [0.2, 0.25) is 0 Å². The summed E-state index contributed by atoms with van der Waals surface area (Å²) in [6, 6.07) is 9.03. The summed E-state index contributed by atoms with van der Waals surface area (Å²) >= 11 is 1.55. The lowest BCUT2D eigenvalue weighted by Crippen LogP contribution is -2.41. The third-order valence-electron chi connectivity index (χ3n) is 6.66. The second-order valence-corrected chi connectivity index (χ2v) is 9.46. The molecule has 2 aliphatic heterocycles. The van der Waals surface area contributed by atoms with Gasteiger partial charge in [0.25, 0.3) is 5.91 Å². The highest BCUT2D eigenvalue weighted by molar-refractivity contribution is 7.12. The number of nitrogens with zero attached hydrogens (tertiary/aromatic N) is 3. The molecule has 1 aromatic heterocycles. The average Bonchev–Trinajstić information content (AvgIpc) is 3.60. The Bertz CT molecular complexity index is 1160. The fourth-order valence-electron chi connectivity index (χ4n) is 4.88. The van der Waals surface area contributed by atoms with Crippen LogP contribution in [0.25, 0.3) is 0 Å². The van der Waals surface area contributed by atoms with Crippen LogP contribution in [-0.2, 0) is 14.4 Å². The van der Waals surface area contributed by atoms with E-state index in [-0.39, 0.29) is 42.1 Å². The van der Waals surface area contributed by atoms with Crippen LogP contribution in [0.1, 0.15) is 35.7 Å². The number of likely N-dealkylation sites (tertiary alicyclic amines) is 1. The number of hydrogen-bond donors (Lipinski definition) is 0. The Kier molecular flexibility index (Phi) is 5.95. The van der Waals surface area contributed by atoms with Gasteiger partial charge in [-0.05, 0) is 42.0 Å². The first kappa shape index (κ1) is 22.3. The monoisotopic (exact) mass is 479 g/mol. The number of rotatable bonds is 6. The summed E-state index contributed by atoms with van der Waals surface area (Å²) in [6.45, 7) is -0.310. The van der Waals surface area contributed by atoms with Crippen LogP contribution in [0.3, 0.4) is 0 Å². The Morgan fingerprint density at radius 1 is 1.06 bits per heavy atom. The number of thiophene rings is 1. The van der Waals surface area contributed by atoms with Crippen molar-refractivity contribution in [1.82, 2.24) is 9.91 Å². The number of hydrazone groups is 1. The van der Waals surface area contributed by atoms with E-state index in [9.17, 15) is 14.4 Å². The molecule has 9 heteroatoms. The third-order valence-corrected chi connectivity index (χ3v) is 7.57. The molecule has 0 bridgehead atoms. The van der Waals surface area contributed by atoms with Gasteiger partial charge < -0.3 is 9.47 Å². The Morgan fingerprint density at radius 2 is 1.76 bits per heavy atom. The smallest absolute Gasteiger partial charge is 0.263 e. The van der Waals surface area contributed by atoms with Crippen molar-refractivity contribution in [2.45, 2.75) is 25.3 Å². The maximum Gasteiger partial charge on any atom is 0.263 e. The summed E-state index contributed by atoms with van der Waals surface area (Å²) in [5.74, 6) is -0.510. The predicted molar refractivity (Wildman–Crippen MR) is 127 cm³/mol. The molecule has 3 aliphatic rings.